The maximum absolute atomic E-state index is 13.3. The number of rotatable bonds is 4. The van der Waals surface area contributed by atoms with E-state index in [4.69, 9.17) is 0 Å². The summed E-state index contributed by atoms with van der Waals surface area (Å²) in [6.07, 6.45) is 3.30. The first-order valence-electron chi connectivity index (χ1n) is 6.83. The molecule has 0 saturated carbocycles. The zero-order valence-electron chi connectivity index (χ0n) is 11.6. The molecule has 106 valence electrons. The molecular formula is C16H14FN3O. The third kappa shape index (κ3) is 2.42. The first kappa shape index (κ1) is 13.4. The summed E-state index contributed by atoms with van der Waals surface area (Å²) in [6.45, 7) is 2.12. The quantitative estimate of drug-likeness (QED) is 0.662. The lowest BCUT2D eigenvalue weighted by atomic mass is 10.1. The van der Waals surface area contributed by atoms with Crippen LogP contribution in [0.25, 0.3) is 16.9 Å². The van der Waals surface area contributed by atoms with E-state index in [-0.39, 0.29) is 5.82 Å². The largest absolute Gasteiger partial charge is 0.278 e. The molecule has 0 unspecified atom stereocenters. The molecule has 0 atom stereocenters. The van der Waals surface area contributed by atoms with Gasteiger partial charge in [-0.05, 0) is 29.3 Å². The lowest BCUT2D eigenvalue weighted by Gasteiger charge is -2.01. The van der Waals surface area contributed by atoms with Crippen molar-refractivity contribution in [3.63, 3.8) is 0 Å². The number of hydrogen-bond donors (Lipinski definition) is 0. The Labute approximate surface area is 121 Å². The van der Waals surface area contributed by atoms with E-state index >= 15 is 0 Å². The van der Waals surface area contributed by atoms with Crippen molar-refractivity contribution in [2.45, 2.75) is 19.8 Å². The fourth-order valence-corrected chi connectivity index (χ4v) is 2.41. The van der Waals surface area contributed by atoms with E-state index in [1.54, 1.807) is 0 Å². The van der Waals surface area contributed by atoms with Crippen LogP contribution in [0.3, 0.4) is 0 Å². The summed E-state index contributed by atoms with van der Waals surface area (Å²) in [7, 11) is 0. The van der Waals surface area contributed by atoms with E-state index in [2.05, 4.69) is 17.1 Å². The van der Waals surface area contributed by atoms with Gasteiger partial charge in [-0.1, -0.05) is 37.6 Å². The zero-order chi connectivity index (χ0) is 14.8. The Morgan fingerprint density at radius 3 is 2.62 bits per heavy atom. The van der Waals surface area contributed by atoms with Crippen molar-refractivity contribution in [1.29, 1.82) is 0 Å². The Balaban J connectivity index is 2.13. The standard InChI is InChI=1S/C16H14FN3O/c1-2-3-11-4-6-12(7-5-11)15-16(19-21)20-10-13(17)8-9-14(20)18-15/h4-10H,2-3H2,1H3. The van der Waals surface area contributed by atoms with Crippen LogP contribution in [0, 0.1) is 10.7 Å². The van der Waals surface area contributed by atoms with Gasteiger partial charge in [0.2, 0.25) is 5.82 Å². The van der Waals surface area contributed by atoms with Gasteiger partial charge in [-0.25, -0.2) is 9.37 Å². The summed E-state index contributed by atoms with van der Waals surface area (Å²) < 4.78 is 14.7. The van der Waals surface area contributed by atoms with Crippen LogP contribution < -0.4 is 0 Å². The molecule has 0 N–H and O–H groups in total. The molecule has 2 heterocycles. The maximum Gasteiger partial charge on any atom is 0.209 e. The second kappa shape index (κ2) is 5.44. The Morgan fingerprint density at radius 1 is 1.19 bits per heavy atom. The van der Waals surface area contributed by atoms with Crippen molar-refractivity contribution in [3.8, 4) is 11.3 Å². The predicted octanol–water partition coefficient (Wildman–Crippen LogP) is 4.49. The van der Waals surface area contributed by atoms with E-state index < -0.39 is 5.82 Å². The Bertz CT molecular complexity index is 793. The number of imidazole rings is 1. The van der Waals surface area contributed by atoms with Gasteiger partial charge in [0.15, 0.2) is 0 Å². The SMILES string of the molecule is CCCc1ccc(-c2nc3ccc(F)cn3c2N=O)cc1. The zero-order valence-corrected chi connectivity index (χ0v) is 11.6. The van der Waals surface area contributed by atoms with E-state index in [1.807, 2.05) is 24.3 Å². The molecule has 4 nitrogen and oxygen atoms in total. The number of pyridine rings is 1. The van der Waals surface area contributed by atoms with Gasteiger partial charge in [-0.3, -0.25) is 4.40 Å². The van der Waals surface area contributed by atoms with Crippen LogP contribution >= 0.6 is 0 Å². The highest BCUT2D eigenvalue weighted by Gasteiger charge is 2.15. The van der Waals surface area contributed by atoms with E-state index in [0.717, 1.165) is 18.4 Å². The average molecular weight is 283 g/mol. The molecule has 0 bridgehead atoms. The number of fused-ring (bicyclic) bond motifs is 1. The number of aryl methyl sites for hydroxylation is 1. The van der Waals surface area contributed by atoms with Crippen LogP contribution in [0.2, 0.25) is 0 Å². The van der Waals surface area contributed by atoms with Crippen LogP contribution in [0.15, 0.2) is 47.8 Å². The molecule has 0 spiro atoms. The lowest BCUT2D eigenvalue weighted by molar-refractivity contribution is 0.619. The summed E-state index contributed by atoms with van der Waals surface area (Å²) in [5.41, 5.74) is 3.00. The number of benzene rings is 1. The van der Waals surface area contributed by atoms with Gasteiger partial charge in [0.05, 0.1) is 0 Å². The number of hydrogen-bond acceptors (Lipinski definition) is 3. The Hall–Kier alpha value is -2.56. The van der Waals surface area contributed by atoms with Crippen LogP contribution in [0.5, 0.6) is 0 Å². The van der Waals surface area contributed by atoms with E-state index in [0.29, 0.717) is 11.3 Å². The third-order valence-electron chi connectivity index (χ3n) is 3.41. The molecule has 0 fully saturated rings. The number of nitrogens with zero attached hydrogens (tertiary/aromatic N) is 3. The second-order valence-electron chi connectivity index (χ2n) is 4.90. The normalized spacial score (nSPS) is 11.0. The summed E-state index contributed by atoms with van der Waals surface area (Å²) >= 11 is 0. The van der Waals surface area contributed by atoms with Gasteiger partial charge < -0.3 is 0 Å². The number of halogens is 1. The van der Waals surface area contributed by atoms with Crippen molar-refractivity contribution in [2.75, 3.05) is 0 Å². The predicted molar refractivity (Wildman–Crippen MR) is 80.0 cm³/mol. The first-order chi connectivity index (χ1) is 10.2. The minimum Gasteiger partial charge on any atom is -0.278 e. The minimum absolute atomic E-state index is 0.118. The summed E-state index contributed by atoms with van der Waals surface area (Å²) in [5.74, 6) is -0.317. The number of nitroso groups, excluding NO2 is 1. The summed E-state index contributed by atoms with van der Waals surface area (Å²) in [4.78, 5) is 15.5. The van der Waals surface area contributed by atoms with Gasteiger partial charge in [0.25, 0.3) is 0 Å². The molecule has 0 aliphatic carbocycles. The molecule has 0 aliphatic rings. The highest BCUT2D eigenvalue weighted by atomic mass is 19.1. The Kier molecular flexibility index (Phi) is 3.48. The summed E-state index contributed by atoms with van der Waals surface area (Å²) in [6, 6.07) is 10.7. The van der Waals surface area contributed by atoms with E-state index in [1.165, 1.54) is 28.3 Å². The average Bonchev–Trinajstić information content (AvgIpc) is 2.86. The molecule has 0 radical (unpaired) electrons. The van der Waals surface area contributed by atoms with Crippen LogP contribution in [0.4, 0.5) is 10.2 Å². The van der Waals surface area contributed by atoms with Crippen molar-refractivity contribution < 1.29 is 4.39 Å². The van der Waals surface area contributed by atoms with Crippen LogP contribution in [0.1, 0.15) is 18.9 Å². The smallest absolute Gasteiger partial charge is 0.209 e. The van der Waals surface area contributed by atoms with Crippen molar-refractivity contribution in [3.05, 3.63) is 58.9 Å². The van der Waals surface area contributed by atoms with Gasteiger partial charge >= 0.3 is 0 Å². The molecule has 0 aliphatic heterocycles. The second-order valence-corrected chi connectivity index (χ2v) is 4.90. The van der Waals surface area contributed by atoms with Crippen molar-refractivity contribution >= 4 is 11.5 Å². The van der Waals surface area contributed by atoms with Crippen molar-refractivity contribution in [2.24, 2.45) is 5.18 Å². The van der Waals surface area contributed by atoms with Gasteiger partial charge in [-0.15, -0.1) is 4.91 Å². The molecule has 2 aromatic heterocycles. The molecular weight excluding hydrogens is 269 g/mol. The Morgan fingerprint density at radius 2 is 1.95 bits per heavy atom. The number of aromatic nitrogens is 2. The van der Waals surface area contributed by atoms with Crippen LogP contribution in [-0.2, 0) is 6.42 Å². The topological polar surface area (TPSA) is 46.7 Å². The maximum atomic E-state index is 13.3. The fourth-order valence-electron chi connectivity index (χ4n) is 2.41. The van der Waals surface area contributed by atoms with Gasteiger partial charge in [-0.2, -0.15) is 0 Å². The monoisotopic (exact) mass is 283 g/mol. The van der Waals surface area contributed by atoms with Gasteiger partial charge in [0.1, 0.15) is 17.2 Å². The van der Waals surface area contributed by atoms with Crippen LogP contribution in [-0.4, -0.2) is 9.38 Å². The first-order valence-corrected chi connectivity index (χ1v) is 6.83. The third-order valence-corrected chi connectivity index (χ3v) is 3.41. The fraction of sp³-hybridized carbons (Fsp3) is 0.188. The van der Waals surface area contributed by atoms with Crippen molar-refractivity contribution in [1.82, 2.24) is 9.38 Å². The highest BCUT2D eigenvalue weighted by Crippen LogP contribution is 2.31. The molecule has 3 aromatic rings. The molecule has 1 aromatic carbocycles. The lowest BCUT2D eigenvalue weighted by Crippen LogP contribution is -1.85. The van der Waals surface area contributed by atoms with Gasteiger partial charge in [0, 0.05) is 11.8 Å². The molecule has 21 heavy (non-hydrogen) atoms. The minimum atomic E-state index is -0.436. The molecule has 0 saturated heterocycles. The summed E-state index contributed by atoms with van der Waals surface area (Å²) in [5, 5.41) is 3.02. The molecule has 0 amide bonds. The molecule has 3 rings (SSSR count). The molecule has 5 heteroatoms. The van der Waals surface area contributed by atoms with E-state index in [9.17, 15) is 9.30 Å². The highest BCUT2D eigenvalue weighted by molar-refractivity contribution is 5.74.